The molecular weight excluding hydrogens is 428 g/mol. The standard InChI is InChI=1S/C20H19BrN2O5/c1-2-3-10-22-17-9-6-14(21)11-16(17)20(26,19(22)25)12-18(24)13-4-7-15(8-5-13)23(27)28/h4-9,11,26H,2-3,10,12H2,1H3. The topological polar surface area (TPSA) is 101 Å². The Bertz CT molecular complexity index is 944. The summed E-state index contributed by atoms with van der Waals surface area (Å²) in [5, 5.41) is 22.0. The molecule has 7 nitrogen and oxygen atoms in total. The number of non-ortho nitro benzene ring substituents is 1. The van der Waals surface area contributed by atoms with Crippen LogP contribution < -0.4 is 4.90 Å². The minimum absolute atomic E-state index is 0.132. The SMILES string of the molecule is CCCCN1C(=O)C(O)(CC(=O)c2ccc([N+](=O)[O-])cc2)c2cc(Br)ccc21. The van der Waals surface area contributed by atoms with E-state index in [0.717, 1.165) is 12.8 Å². The van der Waals surface area contributed by atoms with Gasteiger partial charge in [0.1, 0.15) is 0 Å². The highest BCUT2D eigenvalue weighted by Gasteiger charge is 2.50. The molecule has 2 aromatic rings. The maximum atomic E-state index is 13.0. The minimum Gasteiger partial charge on any atom is -0.375 e. The lowest BCUT2D eigenvalue weighted by atomic mass is 9.88. The molecule has 0 fully saturated rings. The normalized spacial score (nSPS) is 18.2. The van der Waals surface area contributed by atoms with Gasteiger partial charge in [-0.2, -0.15) is 0 Å². The highest BCUT2D eigenvalue weighted by molar-refractivity contribution is 9.10. The number of Topliss-reactive ketones (excluding diaryl/α,β-unsaturated/α-hetero) is 1. The van der Waals surface area contributed by atoms with Gasteiger partial charge in [0, 0.05) is 34.3 Å². The van der Waals surface area contributed by atoms with Gasteiger partial charge in [0.05, 0.1) is 17.0 Å². The smallest absolute Gasteiger partial charge is 0.269 e. The predicted molar refractivity (Wildman–Crippen MR) is 107 cm³/mol. The first-order valence-corrected chi connectivity index (χ1v) is 9.69. The number of nitrogens with zero attached hydrogens (tertiary/aromatic N) is 2. The number of benzene rings is 2. The molecule has 0 aliphatic carbocycles. The molecule has 146 valence electrons. The van der Waals surface area contributed by atoms with Crippen LogP contribution in [0.15, 0.2) is 46.9 Å². The third kappa shape index (κ3) is 3.57. The van der Waals surface area contributed by atoms with Gasteiger partial charge in [-0.3, -0.25) is 19.7 Å². The Morgan fingerprint density at radius 2 is 1.93 bits per heavy atom. The van der Waals surface area contributed by atoms with Gasteiger partial charge in [0.15, 0.2) is 11.4 Å². The van der Waals surface area contributed by atoms with Crippen LogP contribution in [-0.2, 0) is 10.4 Å². The number of unbranched alkanes of at least 4 members (excludes halogenated alkanes) is 1. The van der Waals surface area contributed by atoms with Gasteiger partial charge in [-0.05, 0) is 36.8 Å². The van der Waals surface area contributed by atoms with Gasteiger partial charge in [0.25, 0.3) is 11.6 Å². The molecule has 1 atom stereocenters. The summed E-state index contributed by atoms with van der Waals surface area (Å²) in [6.07, 6.45) is 1.22. The number of nitro groups is 1. The van der Waals surface area contributed by atoms with Crippen LogP contribution in [0.3, 0.4) is 0 Å². The van der Waals surface area contributed by atoms with Gasteiger partial charge in [-0.1, -0.05) is 29.3 Å². The Hall–Kier alpha value is -2.58. The molecule has 3 rings (SSSR count). The summed E-state index contributed by atoms with van der Waals surface area (Å²) in [7, 11) is 0. The van der Waals surface area contributed by atoms with Crippen molar-refractivity contribution >= 4 is 39.0 Å². The van der Waals surface area contributed by atoms with Crippen LogP contribution >= 0.6 is 15.9 Å². The van der Waals surface area contributed by atoms with Gasteiger partial charge < -0.3 is 10.0 Å². The molecule has 1 amide bonds. The van der Waals surface area contributed by atoms with E-state index >= 15 is 0 Å². The molecule has 2 aromatic carbocycles. The molecule has 0 bridgehead atoms. The first kappa shape index (κ1) is 20.2. The maximum Gasteiger partial charge on any atom is 0.269 e. The number of carbonyl (C=O) groups is 2. The Kier molecular flexibility index (Phi) is 5.62. The lowest BCUT2D eigenvalue weighted by Gasteiger charge is -2.22. The summed E-state index contributed by atoms with van der Waals surface area (Å²) < 4.78 is 0.692. The number of nitro benzene ring substituents is 1. The van der Waals surface area contributed by atoms with Crippen molar-refractivity contribution in [2.75, 3.05) is 11.4 Å². The molecule has 1 N–H and O–H groups in total. The minimum atomic E-state index is -1.97. The molecule has 0 aromatic heterocycles. The van der Waals surface area contributed by atoms with Gasteiger partial charge in [0.2, 0.25) is 0 Å². The van der Waals surface area contributed by atoms with Crippen LogP contribution in [-0.4, -0.2) is 28.3 Å². The van der Waals surface area contributed by atoms with E-state index in [2.05, 4.69) is 15.9 Å². The largest absolute Gasteiger partial charge is 0.375 e. The van der Waals surface area contributed by atoms with Crippen LogP contribution in [0.25, 0.3) is 0 Å². The molecule has 0 spiro atoms. The van der Waals surface area contributed by atoms with E-state index in [1.165, 1.54) is 29.2 Å². The van der Waals surface area contributed by atoms with Crippen molar-refractivity contribution in [3.8, 4) is 0 Å². The third-order valence-corrected chi connectivity index (χ3v) is 5.34. The first-order chi connectivity index (χ1) is 13.3. The van der Waals surface area contributed by atoms with Crippen LogP contribution in [0.1, 0.15) is 42.1 Å². The highest BCUT2D eigenvalue weighted by atomic mass is 79.9. The summed E-state index contributed by atoms with van der Waals surface area (Å²) in [5.41, 5.74) is -0.910. The van der Waals surface area contributed by atoms with E-state index in [1.807, 2.05) is 6.92 Å². The average Bonchev–Trinajstić information content (AvgIpc) is 2.87. The van der Waals surface area contributed by atoms with E-state index in [-0.39, 0.29) is 11.3 Å². The predicted octanol–water partition coefficient (Wildman–Crippen LogP) is 3.96. The van der Waals surface area contributed by atoms with Crippen molar-refractivity contribution in [1.82, 2.24) is 0 Å². The van der Waals surface area contributed by atoms with Gasteiger partial charge >= 0.3 is 0 Å². The molecule has 1 aliphatic rings. The van der Waals surface area contributed by atoms with Crippen molar-refractivity contribution in [3.05, 3.63) is 68.2 Å². The van der Waals surface area contributed by atoms with E-state index in [9.17, 15) is 24.8 Å². The van der Waals surface area contributed by atoms with Crippen LogP contribution in [0, 0.1) is 10.1 Å². The van der Waals surface area contributed by atoms with Crippen molar-refractivity contribution in [1.29, 1.82) is 0 Å². The van der Waals surface area contributed by atoms with Crippen LogP contribution in [0.2, 0.25) is 0 Å². The fourth-order valence-electron chi connectivity index (χ4n) is 3.34. The second-order valence-electron chi connectivity index (χ2n) is 6.74. The third-order valence-electron chi connectivity index (χ3n) is 4.85. The summed E-state index contributed by atoms with van der Waals surface area (Å²) in [6.45, 7) is 2.46. The molecule has 0 radical (unpaired) electrons. The van der Waals surface area contributed by atoms with E-state index in [0.29, 0.717) is 22.3 Å². The number of rotatable bonds is 7. The van der Waals surface area contributed by atoms with E-state index < -0.39 is 28.6 Å². The molecule has 1 heterocycles. The molecule has 0 saturated carbocycles. The van der Waals surface area contributed by atoms with E-state index in [4.69, 9.17) is 0 Å². The number of anilines is 1. The van der Waals surface area contributed by atoms with Gasteiger partial charge in [-0.25, -0.2) is 0 Å². The molecular formula is C20H19BrN2O5. The number of ketones is 1. The number of carbonyl (C=O) groups excluding carboxylic acids is 2. The van der Waals surface area contributed by atoms with Gasteiger partial charge in [-0.15, -0.1) is 0 Å². The molecule has 8 heteroatoms. The Labute approximate surface area is 170 Å². The summed E-state index contributed by atoms with van der Waals surface area (Å²) in [4.78, 5) is 37.5. The number of fused-ring (bicyclic) bond motifs is 1. The molecule has 1 unspecified atom stereocenters. The van der Waals surface area contributed by atoms with Crippen molar-refractivity contribution in [2.24, 2.45) is 0 Å². The average molecular weight is 447 g/mol. The van der Waals surface area contributed by atoms with Crippen molar-refractivity contribution in [3.63, 3.8) is 0 Å². The highest BCUT2D eigenvalue weighted by Crippen LogP contribution is 2.44. The van der Waals surface area contributed by atoms with Crippen molar-refractivity contribution in [2.45, 2.75) is 31.8 Å². The Morgan fingerprint density at radius 3 is 2.54 bits per heavy atom. The summed E-state index contributed by atoms with van der Waals surface area (Å²) in [5.74, 6) is -0.988. The number of hydrogen-bond donors (Lipinski definition) is 1. The summed E-state index contributed by atoms with van der Waals surface area (Å²) >= 11 is 3.35. The number of hydrogen-bond acceptors (Lipinski definition) is 5. The fraction of sp³-hybridized carbons (Fsp3) is 0.300. The molecule has 1 aliphatic heterocycles. The van der Waals surface area contributed by atoms with E-state index in [1.54, 1.807) is 18.2 Å². The number of amides is 1. The zero-order valence-corrected chi connectivity index (χ0v) is 16.8. The fourth-order valence-corrected chi connectivity index (χ4v) is 3.70. The quantitative estimate of drug-likeness (QED) is 0.393. The monoisotopic (exact) mass is 446 g/mol. The zero-order chi connectivity index (χ0) is 20.5. The number of halogens is 1. The van der Waals surface area contributed by atoms with Crippen molar-refractivity contribution < 1.29 is 19.6 Å². The number of aliphatic hydroxyl groups is 1. The lowest BCUT2D eigenvalue weighted by molar-refractivity contribution is -0.384. The van der Waals surface area contributed by atoms with Crippen LogP contribution in [0.5, 0.6) is 0 Å². The molecule has 0 saturated heterocycles. The first-order valence-electron chi connectivity index (χ1n) is 8.90. The Balaban J connectivity index is 1.93. The van der Waals surface area contributed by atoms with Crippen LogP contribution in [0.4, 0.5) is 11.4 Å². The Morgan fingerprint density at radius 1 is 1.25 bits per heavy atom. The zero-order valence-electron chi connectivity index (χ0n) is 15.2. The second kappa shape index (κ2) is 7.81. The molecule has 28 heavy (non-hydrogen) atoms. The maximum absolute atomic E-state index is 13.0. The second-order valence-corrected chi connectivity index (χ2v) is 7.65. The lowest BCUT2D eigenvalue weighted by Crippen LogP contribution is -2.42. The summed E-state index contributed by atoms with van der Waals surface area (Å²) in [6, 6.07) is 10.3.